The number of rotatable bonds is 4. The standard InChI is InChI=1S/C13H13ClN2O5S/c1-13(14)6-2-3-10(8-13)22(19,20)21-9-4-5-11(15)12(7-9)16(17)18/h2-7H,8,15H2,1H3. The number of hydrogen-bond acceptors (Lipinski definition) is 6. The monoisotopic (exact) mass is 344 g/mol. The van der Waals surface area contributed by atoms with Gasteiger partial charge in [-0.15, -0.1) is 11.6 Å². The van der Waals surface area contributed by atoms with Crippen molar-refractivity contribution < 1.29 is 17.5 Å². The van der Waals surface area contributed by atoms with Gasteiger partial charge in [-0.2, -0.15) is 8.42 Å². The van der Waals surface area contributed by atoms with E-state index in [1.54, 1.807) is 13.0 Å². The number of alkyl halides is 1. The minimum atomic E-state index is -4.10. The van der Waals surface area contributed by atoms with E-state index in [-0.39, 0.29) is 22.8 Å². The maximum absolute atomic E-state index is 12.2. The number of hydrogen-bond donors (Lipinski definition) is 1. The van der Waals surface area contributed by atoms with Crippen LogP contribution in [0.3, 0.4) is 0 Å². The Kier molecular flexibility index (Phi) is 4.17. The third kappa shape index (κ3) is 3.58. The number of nitrogens with two attached hydrogens (primary N) is 1. The number of nitro groups is 1. The molecule has 0 bridgehead atoms. The molecule has 1 atom stereocenters. The average Bonchev–Trinajstić information content (AvgIpc) is 2.39. The van der Waals surface area contributed by atoms with E-state index in [4.69, 9.17) is 21.5 Å². The lowest BCUT2D eigenvalue weighted by Gasteiger charge is -2.22. The van der Waals surface area contributed by atoms with Crippen molar-refractivity contribution in [2.45, 2.75) is 18.2 Å². The van der Waals surface area contributed by atoms with Crippen LogP contribution in [0.1, 0.15) is 13.3 Å². The summed E-state index contributed by atoms with van der Waals surface area (Å²) in [5.74, 6) is -0.187. The largest absolute Gasteiger partial charge is 0.393 e. The van der Waals surface area contributed by atoms with Gasteiger partial charge in [-0.25, -0.2) is 0 Å². The molecule has 1 aliphatic rings. The van der Waals surface area contributed by atoms with Gasteiger partial charge in [-0.1, -0.05) is 12.2 Å². The van der Waals surface area contributed by atoms with E-state index in [1.165, 1.54) is 24.3 Å². The van der Waals surface area contributed by atoms with Crippen LogP contribution < -0.4 is 9.92 Å². The normalized spacial score (nSPS) is 21.3. The summed E-state index contributed by atoms with van der Waals surface area (Å²) in [5.41, 5.74) is 4.94. The van der Waals surface area contributed by atoms with E-state index in [0.717, 1.165) is 6.07 Å². The van der Waals surface area contributed by atoms with Gasteiger partial charge in [0.05, 0.1) is 20.8 Å². The number of benzene rings is 1. The number of nitro benzene ring substituents is 1. The van der Waals surface area contributed by atoms with E-state index in [9.17, 15) is 18.5 Å². The smallest absolute Gasteiger partial charge is 0.335 e. The second-order valence-corrected chi connectivity index (χ2v) is 7.42. The summed E-state index contributed by atoms with van der Waals surface area (Å²) in [6.45, 7) is 1.67. The van der Waals surface area contributed by atoms with Gasteiger partial charge in [0.25, 0.3) is 5.69 Å². The number of halogens is 1. The molecule has 22 heavy (non-hydrogen) atoms. The summed E-state index contributed by atoms with van der Waals surface area (Å²) in [7, 11) is -4.10. The first kappa shape index (κ1) is 16.3. The van der Waals surface area contributed by atoms with E-state index in [1.807, 2.05) is 0 Å². The SMILES string of the molecule is CC1(Cl)C=CC=C(S(=O)(=O)Oc2ccc(N)c([N+](=O)[O-])c2)C1. The van der Waals surface area contributed by atoms with Gasteiger partial charge in [0.2, 0.25) is 0 Å². The van der Waals surface area contributed by atoms with Gasteiger partial charge >= 0.3 is 10.1 Å². The Labute approximate surface area is 132 Å². The van der Waals surface area contributed by atoms with E-state index >= 15 is 0 Å². The minimum absolute atomic E-state index is 0.00743. The Morgan fingerprint density at radius 3 is 2.73 bits per heavy atom. The van der Waals surface area contributed by atoms with Gasteiger partial charge in [0.15, 0.2) is 0 Å². The van der Waals surface area contributed by atoms with Crippen molar-refractivity contribution in [3.8, 4) is 5.75 Å². The Morgan fingerprint density at radius 1 is 1.45 bits per heavy atom. The lowest BCUT2D eigenvalue weighted by molar-refractivity contribution is -0.383. The fourth-order valence-electron chi connectivity index (χ4n) is 1.90. The van der Waals surface area contributed by atoms with Gasteiger partial charge < -0.3 is 9.92 Å². The third-order valence-corrected chi connectivity index (χ3v) is 4.57. The van der Waals surface area contributed by atoms with Crippen LogP contribution in [0, 0.1) is 10.1 Å². The van der Waals surface area contributed by atoms with Gasteiger partial charge in [-0.05, 0) is 25.1 Å². The van der Waals surface area contributed by atoms with Crippen LogP contribution in [0.5, 0.6) is 5.75 Å². The molecule has 118 valence electrons. The number of nitrogen functional groups attached to an aromatic ring is 1. The zero-order valence-corrected chi connectivity index (χ0v) is 13.1. The third-order valence-electron chi connectivity index (χ3n) is 2.97. The molecule has 9 heteroatoms. The van der Waals surface area contributed by atoms with Crippen LogP contribution in [0.2, 0.25) is 0 Å². The predicted molar refractivity (Wildman–Crippen MR) is 83.2 cm³/mol. The molecule has 0 radical (unpaired) electrons. The minimum Gasteiger partial charge on any atom is -0.393 e. The second kappa shape index (κ2) is 5.62. The van der Waals surface area contributed by atoms with Crippen molar-refractivity contribution in [3.63, 3.8) is 0 Å². The molecular formula is C13H13ClN2O5S. The molecule has 0 spiro atoms. The summed E-state index contributed by atoms with van der Waals surface area (Å²) in [6, 6.07) is 3.43. The molecule has 1 aromatic rings. The summed E-state index contributed by atoms with van der Waals surface area (Å²) >= 11 is 6.11. The Bertz CT molecular complexity index is 784. The molecule has 2 rings (SSSR count). The van der Waals surface area contributed by atoms with Crippen molar-refractivity contribution in [1.29, 1.82) is 0 Å². The van der Waals surface area contributed by atoms with Gasteiger partial charge in [-0.3, -0.25) is 10.1 Å². The van der Waals surface area contributed by atoms with E-state index in [0.29, 0.717) is 0 Å². The lowest BCUT2D eigenvalue weighted by atomic mass is 10.0. The number of allylic oxidation sites excluding steroid dienone is 4. The van der Waals surface area contributed by atoms with Crippen LogP contribution in [-0.2, 0) is 10.1 Å². The zero-order valence-electron chi connectivity index (χ0n) is 11.5. The molecule has 7 nitrogen and oxygen atoms in total. The highest BCUT2D eigenvalue weighted by Gasteiger charge is 2.30. The average molecular weight is 345 g/mol. The predicted octanol–water partition coefficient (Wildman–Crippen LogP) is 2.73. The first-order chi connectivity index (χ1) is 10.1. The fraction of sp³-hybridized carbons (Fsp3) is 0.231. The number of anilines is 1. The van der Waals surface area contributed by atoms with Crippen molar-refractivity contribution >= 4 is 33.1 Å². The molecule has 2 N–H and O–H groups in total. The molecule has 0 aromatic heterocycles. The quantitative estimate of drug-likeness (QED) is 0.295. The topological polar surface area (TPSA) is 113 Å². The summed E-state index contributed by atoms with van der Waals surface area (Å²) in [4.78, 5) is 9.26. The first-order valence-electron chi connectivity index (χ1n) is 6.16. The van der Waals surface area contributed by atoms with Crippen molar-refractivity contribution in [3.05, 3.63) is 51.4 Å². The Morgan fingerprint density at radius 2 is 2.14 bits per heavy atom. The molecule has 0 amide bonds. The zero-order chi connectivity index (χ0) is 16.5. The summed E-state index contributed by atoms with van der Waals surface area (Å²) in [6.07, 6.45) is 4.63. The number of nitrogens with zero attached hydrogens (tertiary/aromatic N) is 1. The van der Waals surface area contributed by atoms with E-state index < -0.39 is 25.6 Å². The Balaban J connectivity index is 2.30. The Hall–Kier alpha value is -2.06. The molecule has 1 aromatic carbocycles. The van der Waals surface area contributed by atoms with Crippen molar-refractivity contribution in [2.75, 3.05) is 5.73 Å². The highest BCUT2D eigenvalue weighted by atomic mass is 35.5. The highest BCUT2D eigenvalue weighted by molar-refractivity contribution is 7.91. The lowest BCUT2D eigenvalue weighted by Crippen LogP contribution is -2.22. The molecule has 0 aliphatic heterocycles. The van der Waals surface area contributed by atoms with E-state index in [2.05, 4.69) is 0 Å². The molecule has 0 fully saturated rings. The molecule has 1 aliphatic carbocycles. The summed E-state index contributed by atoms with van der Waals surface area (Å²) < 4.78 is 29.4. The van der Waals surface area contributed by atoms with Crippen molar-refractivity contribution in [1.82, 2.24) is 0 Å². The first-order valence-corrected chi connectivity index (χ1v) is 7.95. The summed E-state index contributed by atoms with van der Waals surface area (Å²) in [5, 5.41) is 10.8. The van der Waals surface area contributed by atoms with Crippen LogP contribution in [0.15, 0.2) is 41.3 Å². The van der Waals surface area contributed by atoms with Gasteiger partial charge in [0.1, 0.15) is 11.4 Å². The maximum Gasteiger partial charge on any atom is 0.335 e. The van der Waals surface area contributed by atoms with Crippen molar-refractivity contribution in [2.24, 2.45) is 0 Å². The molecular weight excluding hydrogens is 332 g/mol. The fourth-order valence-corrected chi connectivity index (χ4v) is 3.38. The molecule has 0 saturated heterocycles. The maximum atomic E-state index is 12.2. The molecule has 0 heterocycles. The molecule has 0 saturated carbocycles. The van der Waals surface area contributed by atoms with Crippen LogP contribution in [0.4, 0.5) is 11.4 Å². The highest BCUT2D eigenvalue weighted by Crippen LogP contribution is 2.34. The molecule has 1 unspecified atom stereocenters. The van der Waals surface area contributed by atoms with Gasteiger partial charge in [0, 0.05) is 6.42 Å². The van der Waals surface area contributed by atoms with Crippen LogP contribution in [0.25, 0.3) is 0 Å². The second-order valence-electron chi connectivity index (χ2n) is 4.96. The van der Waals surface area contributed by atoms with Crippen LogP contribution in [-0.4, -0.2) is 18.2 Å². The van der Waals surface area contributed by atoms with Crippen LogP contribution >= 0.6 is 11.6 Å².